The van der Waals surface area contributed by atoms with Gasteiger partial charge in [-0.25, -0.2) is 0 Å². The molecule has 6 nitrogen and oxygen atoms in total. The molecule has 4 N–H and O–H groups in total. The van der Waals surface area contributed by atoms with Crippen LogP contribution < -0.4 is 0 Å². The van der Waals surface area contributed by atoms with Crippen molar-refractivity contribution >= 4 is 11.9 Å². The molecule has 0 bridgehead atoms. The first-order valence-corrected chi connectivity index (χ1v) is 24.4. The highest BCUT2D eigenvalue weighted by atomic mass is 16.4. The van der Waals surface area contributed by atoms with Crippen LogP contribution in [0.4, 0.5) is 0 Å². The minimum Gasteiger partial charge on any atom is -0.507 e. The Bertz CT molecular complexity index is 2280. The van der Waals surface area contributed by atoms with Gasteiger partial charge in [-0.15, -0.1) is 0 Å². The molecule has 0 radical (unpaired) electrons. The first kappa shape index (κ1) is 55.0. The minimum atomic E-state index is -2.62. The Hall–Kier alpha value is -4.58. The molecule has 368 valence electrons. The van der Waals surface area contributed by atoms with Gasteiger partial charge in [0, 0.05) is 6.42 Å². The molecule has 0 amide bonds. The third kappa shape index (κ3) is 11.2. The number of phenols is 2. The number of aromatic hydroxyl groups is 2. The minimum absolute atomic E-state index is 0.0108. The second-order valence-corrected chi connectivity index (χ2v) is 27.8. The molecule has 0 aliphatic rings. The maximum absolute atomic E-state index is 15.2. The smallest absolute Gasteiger partial charge is 0.323 e. The van der Waals surface area contributed by atoms with Crippen molar-refractivity contribution in [3.05, 3.63) is 128 Å². The van der Waals surface area contributed by atoms with Gasteiger partial charge in [-0.2, -0.15) is 0 Å². The fourth-order valence-electron chi connectivity index (χ4n) is 11.4. The van der Waals surface area contributed by atoms with Crippen molar-refractivity contribution in [2.45, 2.75) is 209 Å². The van der Waals surface area contributed by atoms with E-state index < -0.39 is 50.8 Å². The van der Waals surface area contributed by atoms with Gasteiger partial charge in [0.05, 0.1) is 5.41 Å². The van der Waals surface area contributed by atoms with E-state index in [1.165, 1.54) is 0 Å². The molecular formula is C61H88O6. The molecule has 6 heteroatoms. The first-order valence-electron chi connectivity index (χ1n) is 24.4. The number of hydrogen-bond donors (Lipinski definition) is 4. The van der Waals surface area contributed by atoms with Crippen LogP contribution >= 0.6 is 0 Å². The molecule has 0 unspecified atom stereocenters. The molecule has 0 spiro atoms. The Morgan fingerprint density at radius 2 is 0.642 bits per heavy atom. The van der Waals surface area contributed by atoms with Gasteiger partial charge in [0.15, 0.2) is 5.41 Å². The average Bonchev–Trinajstić information content (AvgIpc) is 3.12. The number of carboxylic acid groups (broad SMARTS) is 2. The zero-order valence-electron chi connectivity index (χ0n) is 45.7. The van der Waals surface area contributed by atoms with Crippen LogP contribution in [-0.2, 0) is 53.9 Å². The van der Waals surface area contributed by atoms with E-state index in [0.29, 0.717) is 44.5 Å². The zero-order chi connectivity index (χ0) is 51.7. The van der Waals surface area contributed by atoms with Crippen LogP contribution in [0.2, 0.25) is 0 Å². The summed E-state index contributed by atoms with van der Waals surface area (Å²) in [7, 11) is 0. The molecule has 0 aliphatic heterocycles. The van der Waals surface area contributed by atoms with Crippen LogP contribution in [0.1, 0.15) is 221 Å². The summed E-state index contributed by atoms with van der Waals surface area (Å²) in [6, 6.07) is 23.4. The standard InChI is InChI=1S/C61H88O6/c1-52(2,3)36-58(19,20)39-23-27-41(28-24-39)61(42-29-25-40(26-30-42)59(21,22)37-53(4,5)6,43-33-46(56(13,14)15)49(63)47(34-43)57(16,17)18)60(50(64)65,51(66)67)35-38-31-44(54(7,8)9)48(62)45(32-38)55(10,11)12/h23-34,62-63H,35-37H2,1-22H3,(H,64,65)(H,66,67). The van der Waals surface area contributed by atoms with Gasteiger partial charge < -0.3 is 20.4 Å². The fraction of sp³-hybridized carbons (Fsp3) is 0.574. The molecule has 0 saturated carbocycles. The molecule has 4 aromatic rings. The highest BCUT2D eigenvalue weighted by Gasteiger charge is 2.65. The lowest BCUT2D eigenvalue weighted by Crippen LogP contribution is -2.59. The summed E-state index contributed by atoms with van der Waals surface area (Å²) >= 11 is 0. The summed E-state index contributed by atoms with van der Waals surface area (Å²) < 4.78 is 0. The van der Waals surface area contributed by atoms with E-state index in [4.69, 9.17) is 0 Å². The molecule has 0 fully saturated rings. The van der Waals surface area contributed by atoms with Gasteiger partial charge in [0.2, 0.25) is 0 Å². The van der Waals surface area contributed by atoms with Crippen molar-refractivity contribution in [2.75, 3.05) is 0 Å². The van der Waals surface area contributed by atoms with Crippen molar-refractivity contribution in [3.8, 4) is 11.5 Å². The average molecular weight is 917 g/mol. The normalized spacial score (nSPS) is 14.1. The SMILES string of the molecule is CC(C)(C)CC(C)(C)c1ccc(C(c2ccc(C(C)(C)CC(C)(C)C)cc2)(c2cc(C(C)(C)C)c(O)c(C(C)(C)C)c2)C(Cc2cc(C(C)(C)C)c(O)c(C(C)(C)C)c2)(C(=O)O)C(=O)O)cc1. The van der Waals surface area contributed by atoms with Crippen molar-refractivity contribution in [2.24, 2.45) is 16.2 Å². The Kier molecular flexibility index (Phi) is 14.6. The highest BCUT2D eigenvalue weighted by molar-refractivity contribution is 6.03. The second-order valence-electron chi connectivity index (χ2n) is 27.8. The number of carbonyl (C=O) groups is 2. The molecule has 67 heavy (non-hydrogen) atoms. The Morgan fingerprint density at radius 1 is 0.388 bits per heavy atom. The van der Waals surface area contributed by atoms with E-state index in [1.54, 1.807) is 0 Å². The third-order valence-electron chi connectivity index (χ3n) is 13.9. The van der Waals surface area contributed by atoms with Crippen LogP contribution in [0.3, 0.4) is 0 Å². The third-order valence-corrected chi connectivity index (χ3v) is 13.9. The van der Waals surface area contributed by atoms with E-state index >= 15 is 9.59 Å². The predicted octanol–water partition coefficient (Wildman–Crippen LogP) is 15.4. The number of benzene rings is 4. The lowest BCUT2D eigenvalue weighted by atomic mass is 9.50. The number of hydrogen-bond acceptors (Lipinski definition) is 4. The van der Waals surface area contributed by atoms with E-state index in [2.05, 4.69) is 93.5 Å². The zero-order valence-corrected chi connectivity index (χ0v) is 45.7. The number of carboxylic acids is 2. The van der Waals surface area contributed by atoms with Crippen molar-refractivity contribution in [3.63, 3.8) is 0 Å². The number of phenolic OH excluding ortho intramolecular Hbond substituents is 2. The summed E-state index contributed by atoms with van der Waals surface area (Å²) in [5.74, 6) is -2.77. The number of aliphatic carboxylic acids is 2. The lowest BCUT2D eigenvalue weighted by molar-refractivity contribution is -0.168. The number of rotatable bonds is 12. The van der Waals surface area contributed by atoms with Gasteiger partial charge >= 0.3 is 11.9 Å². The predicted molar refractivity (Wildman–Crippen MR) is 279 cm³/mol. The topological polar surface area (TPSA) is 115 Å². The van der Waals surface area contributed by atoms with Crippen LogP contribution in [0, 0.1) is 16.2 Å². The highest BCUT2D eigenvalue weighted by Crippen LogP contribution is 2.58. The van der Waals surface area contributed by atoms with Crippen molar-refractivity contribution in [1.82, 2.24) is 0 Å². The lowest BCUT2D eigenvalue weighted by Gasteiger charge is -2.48. The molecule has 0 saturated heterocycles. The van der Waals surface area contributed by atoms with E-state index in [9.17, 15) is 20.4 Å². The fourth-order valence-corrected chi connectivity index (χ4v) is 11.4. The van der Waals surface area contributed by atoms with Gasteiger partial charge in [-0.05, 0) is 112 Å². The summed E-state index contributed by atoms with van der Waals surface area (Å²) in [5, 5.41) is 48.9. The maximum atomic E-state index is 15.2. The van der Waals surface area contributed by atoms with Gasteiger partial charge in [-0.3, -0.25) is 9.59 Å². The van der Waals surface area contributed by atoms with Gasteiger partial charge in [0.25, 0.3) is 0 Å². The Balaban J connectivity index is 2.47. The summed E-state index contributed by atoms with van der Waals surface area (Å²) in [5.41, 5.74) is -1.05. The molecule has 4 rings (SSSR count). The molecule has 0 aliphatic carbocycles. The monoisotopic (exact) mass is 917 g/mol. The quantitative estimate of drug-likeness (QED) is 0.0831. The van der Waals surface area contributed by atoms with Gasteiger partial charge in [-0.1, -0.05) is 225 Å². The molecular weight excluding hydrogens is 829 g/mol. The van der Waals surface area contributed by atoms with E-state index in [-0.39, 0.29) is 33.2 Å². The van der Waals surface area contributed by atoms with Gasteiger partial charge in [0.1, 0.15) is 11.5 Å². The Labute approximate surface area is 406 Å². The maximum Gasteiger partial charge on any atom is 0.323 e. The Morgan fingerprint density at radius 3 is 0.881 bits per heavy atom. The summed E-state index contributed by atoms with van der Waals surface area (Å²) in [6.45, 7) is 46.2. The van der Waals surface area contributed by atoms with E-state index in [1.807, 2.05) is 132 Å². The van der Waals surface area contributed by atoms with Crippen molar-refractivity contribution in [1.29, 1.82) is 0 Å². The molecule has 0 aromatic heterocycles. The summed E-state index contributed by atoms with van der Waals surface area (Å²) in [4.78, 5) is 30.4. The van der Waals surface area contributed by atoms with Crippen molar-refractivity contribution < 1.29 is 30.0 Å². The summed E-state index contributed by atoms with van der Waals surface area (Å²) in [6.07, 6.45) is 1.31. The van der Waals surface area contributed by atoms with Crippen LogP contribution in [0.25, 0.3) is 0 Å². The first-order chi connectivity index (χ1) is 29.9. The second kappa shape index (κ2) is 17.7. The van der Waals surface area contributed by atoms with Crippen LogP contribution in [0.15, 0.2) is 72.8 Å². The van der Waals surface area contributed by atoms with Crippen LogP contribution in [-0.4, -0.2) is 32.4 Å². The van der Waals surface area contributed by atoms with E-state index in [0.717, 1.165) is 24.0 Å². The van der Waals surface area contributed by atoms with Crippen LogP contribution in [0.5, 0.6) is 11.5 Å². The largest absolute Gasteiger partial charge is 0.507 e. The molecule has 4 aromatic carbocycles. The molecule has 0 heterocycles. The molecule has 0 atom stereocenters.